The van der Waals surface area contributed by atoms with E-state index in [1.54, 1.807) is 14.2 Å². The van der Waals surface area contributed by atoms with Crippen LogP contribution in [0.15, 0.2) is 48.6 Å². The summed E-state index contributed by atoms with van der Waals surface area (Å²) in [6.07, 6.45) is 5.82. The molecule has 3 unspecified atom stereocenters. The topological polar surface area (TPSA) is 33.7 Å². The van der Waals surface area contributed by atoms with E-state index in [2.05, 4.69) is 66.5 Å². The summed E-state index contributed by atoms with van der Waals surface area (Å²) in [4.78, 5) is 2.41. The molecular formula is C24H30N2O2. The summed E-state index contributed by atoms with van der Waals surface area (Å²) in [6, 6.07) is 13.4. The lowest BCUT2D eigenvalue weighted by atomic mass is 9.77. The molecule has 0 aromatic heterocycles. The molecule has 4 nitrogen and oxygen atoms in total. The Balaban J connectivity index is 1.71. The molecule has 1 aliphatic carbocycles. The molecule has 0 bridgehead atoms. The summed E-state index contributed by atoms with van der Waals surface area (Å²) in [5.41, 5.74) is 5.22. The summed E-state index contributed by atoms with van der Waals surface area (Å²) >= 11 is 0. The Bertz CT molecular complexity index is 873. The van der Waals surface area contributed by atoms with Gasteiger partial charge in [0.1, 0.15) is 0 Å². The van der Waals surface area contributed by atoms with E-state index in [0.29, 0.717) is 11.8 Å². The zero-order chi connectivity index (χ0) is 19.7. The molecule has 0 fully saturated rings. The Morgan fingerprint density at radius 3 is 2.50 bits per heavy atom. The Labute approximate surface area is 168 Å². The molecule has 28 heavy (non-hydrogen) atoms. The molecule has 1 N–H and O–H groups in total. The average Bonchev–Trinajstić information content (AvgIpc) is 3.24. The monoisotopic (exact) mass is 378 g/mol. The minimum Gasteiger partial charge on any atom is -0.493 e. The number of fused-ring (bicyclic) bond motifs is 3. The van der Waals surface area contributed by atoms with Gasteiger partial charge in [-0.3, -0.25) is 0 Å². The van der Waals surface area contributed by atoms with Crippen molar-refractivity contribution in [2.24, 2.45) is 5.92 Å². The van der Waals surface area contributed by atoms with Crippen LogP contribution in [-0.2, 0) is 0 Å². The largest absolute Gasteiger partial charge is 0.493 e. The van der Waals surface area contributed by atoms with E-state index < -0.39 is 0 Å². The van der Waals surface area contributed by atoms with E-state index in [1.807, 2.05) is 6.07 Å². The van der Waals surface area contributed by atoms with Crippen LogP contribution in [0.5, 0.6) is 11.5 Å². The Hall–Kier alpha value is -2.62. The highest BCUT2D eigenvalue weighted by molar-refractivity contribution is 5.66. The molecule has 3 atom stereocenters. The number of hydrogen-bond donors (Lipinski definition) is 1. The first-order chi connectivity index (χ1) is 13.7. The molecule has 1 aliphatic heterocycles. The van der Waals surface area contributed by atoms with Crippen LogP contribution < -0.4 is 19.7 Å². The predicted molar refractivity (Wildman–Crippen MR) is 116 cm³/mol. The van der Waals surface area contributed by atoms with Crippen molar-refractivity contribution in [3.8, 4) is 11.5 Å². The van der Waals surface area contributed by atoms with Gasteiger partial charge in [0.15, 0.2) is 11.5 Å². The van der Waals surface area contributed by atoms with E-state index in [0.717, 1.165) is 31.0 Å². The van der Waals surface area contributed by atoms with Gasteiger partial charge in [0.2, 0.25) is 0 Å². The lowest BCUT2D eigenvalue weighted by molar-refractivity contribution is 0.353. The molecule has 0 saturated heterocycles. The normalized spacial score (nSPS) is 22.2. The van der Waals surface area contributed by atoms with Crippen LogP contribution in [0.4, 0.5) is 11.4 Å². The molecule has 0 radical (unpaired) electrons. The van der Waals surface area contributed by atoms with Crippen LogP contribution >= 0.6 is 0 Å². The van der Waals surface area contributed by atoms with Crippen molar-refractivity contribution in [1.82, 2.24) is 0 Å². The van der Waals surface area contributed by atoms with Gasteiger partial charge in [0.25, 0.3) is 0 Å². The summed E-state index contributed by atoms with van der Waals surface area (Å²) in [6.45, 7) is 6.49. The second kappa shape index (κ2) is 7.78. The van der Waals surface area contributed by atoms with Gasteiger partial charge in [-0.15, -0.1) is 0 Å². The number of methoxy groups -OCH3 is 2. The van der Waals surface area contributed by atoms with Crippen LogP contribution in [0, 0.1) is 5.92 Å². The van der Waals surface area contributed by atoms with E-state index in [4.69, 9.17) is 9.47 Å². The lowest BCUT2D eigenvalue weighted by Crippen LogP contribution is -2.29. The maximum absolute atomic E-state index is 5.54. The molecule has 148 valence electrons. The van der Waals surface area contributed by atoms with Gasteiger partial charge < -0.3 is 19.7 Å². The van der Waals surface area contributed by atoms with Gasteiger partial charge in [-0.05, 0) is 67.6 Å². The Morgan fingerprint density at radius 1 is 1.00 bits per heavy atom. The van der Waals surface area contributed by atoms with Gasteiger partial charge in [0, 0.05) is 30.4 Å². The van der Waals surface area contributed by atoms with Gasteiger partial charge in [-0.25, -0.2) is 0 Å². The quantitative estimate of drug-likeness (QED) is 0.685. The molecule has 4 rings (SSSR count). The number of ether oxygens (including phenoxy) is 2. The van der Waals surface area contributed by atoms with Crippen LogP contribution in [0.25, 0.3) is 0 Å². The van der Waals surface area contributed by atoms with Gasteiger partial charge in [0.05, 0.1) is 20.3 Å². The van der Waals surface area contributed by atoms with Crippen molar-refractivity contribution in [2.45, 2.75) is 32.2 Å². The van der Waals surface area contributed by atoms with Gasteiger partial charge in [-0.2, -0.15) is 0 Å². The van der Waals surface area contributed by atoms with E-state index in [9.17, 15) is 0 Å². The lowest BCUT2D eigenvalue weighted by Gasteiger charge is -2.38. The molecular weight excluding hydrogens is 348 g/mol. The highest BCUT2D eigenvalue weighted by Crippen LogP contribution is 2.51. The number of nitrogens with zero attached hydrogens (tertiary/aromatic N) is 1. The molecule has 4 heteroatoms. The summed E-state index contributed by atoms with van der Waals surface area (Å²) in [5, 5.41) is 3.82. The number of allylic oxidation sites excluding steroid dienone is 2. The van der Waals surface area contributed by atoms with Crippen LogP contribution in [0.1, 0.15) is 43.4 Å². The van der Waals surface area contributed by atoms with Gasteiger partial charge in [-0.1, -0.05) is 18.2 Å². The maximum atomic E-state index is 5.54. The molecule has 1 heterocycles. The summed E-state index contributed by atoms with van der Waals surface area (Å²) < 4.78 is 11.0. The summed E-state index contributed by atoms with van der Waals surface area (Å²) in [5.74, 6) is 2.52. The summed E-state index contributed by atoms with van der Waals surface area (Å²) in [7, 11) is 3.37. The molecule has 0 saturated carbocycles. The maximum Gasteiger partial charge on any atom is 0.161 e. The standard InChI is InChI=1S/C24H30N2O2/c1-5-26(6-2)17-11-12-21-20(15-17)18-8-7-9-19(18)24(25-21)16-10-13-22(27-3)23(14-16)28-4/h7-8,10-15,18-19,24-25H,5-6,9H2,1-4H3. The van der Waals surface area contributed by atoms with Crippen molar-refractivity contribution in [2.75, 3.05) is 37.5 Å². The third-order valence-corrected chi connectivity index (χ3v) is 6.24. The fraction of sp³-hybridized carbons (Fsp3) is 0.417. The van der Waals surface area contributed by atoms with Crippen molar-refractivity contribution >= 4 is 11.4 Å². The first-order valence-electron chi connectivity index (χ1n) is 10.2. The minimum absolute atomic E-state index is 0.256. The van der Waals surface area contributed by atoms with Crippen molar-refractivity contribution in [3.63, 3.8) is 0 Å². The molecule has 2 aromatic rings. The number of hydrogen-bond acceptors (Lipinski definition) is 4. The molecule has 2 aromatic carbocycles. The van der Waals surface area contributed by atoms with E-state index >= 15 is 0 Å². The molecule has 0 spiro atoms. The Morgan fingerprint density at radius 2 is 1.79 bits per heavy atom. The van der Waals surface area contributed by atoms with E-state index in [1.165, 1.54) is 22.5 Å². The van der Waals surface area contributed by atoms with Gasteiger partial charge >= 0.3 is 0 Å². The second-order valence-electron chi connectivity index (χ2n) is 7.53. The first kappa shape index (κ1) is 18.7. The predicted octanol–water partition coefficient (Wildman–Crippen LogP) is 5.38. The zero-order valence-corrected chi connectivity index (χ0v) is 17.2. The van der Waals surface area contributed by atoms with Crippen LogP contribution in [0.3, 0.4) is 0 Å². The minimum atomic E-state index is 0.256. The van der Waals surface area contributed by atoms with Crippen molar-refractivity contribution < 1.29 is 9.47 Å². The third-order valence-electron chi connectivity index (χ3n) is 6.24. The fourth-order valence-electron chi connectivity index (χ4n) is 4.74. The smallest absolute Gasteiger partial charge is 0.161 e. The zero-order valence-electron chi connectivity index (χ0n) is 17.2. The number of anilines is 2. The first-order valence-corrected chi connectivity index (χ1v) is 10.2. The second-order valence-corrected chi connectivity index (χ2v) is 7.53. The fourth-order valence-corrected chi connectivity index (χ4v) is 4.74. The van der Waals surface area contributed by atoms with Crippen molar-refractivity contribution in [1.29, 1.82) is 0 Å². The SMILES string of the molecule is CCN(CC)c1ccc2c(c1)C1C=CCC1C(c1ccc(OC)c(OC)c1)N2. The van der Waals surface area contributed by atoms with Crippen LogP contribution in [-0.4, -0.2) is 27.3 Å². The molecule has 2 aliphatic rings. The number of nitrogens with one attached hydrogen (secondary N) is 1. The van der Waals surface area contributed by atoms with Crippen molar-refractivity contribution in [3.05, 3.63) is 59.7 Å². The Kier molecular flexibility index (Phi) is 5.21. The highest BCUT2D eigenvalue weighted by Gasteiger charge is 2.38. The number of rotatable bonds is 6. The molecule has 0 amide bonds. The highest BCUT2D eigenvalue weighted by atomic mass is 16.5. The van der Waals surface area contributed by atoms with Crippen LogP contribution in [0.2, 0.25) is 0 Å². The third kappa shape index (κ3) is 3.11. The average molecular weight is 379 g/mol. The number of benzene rings is 2. The van der Waals surface area contributed by atoms with E-state index in [-0.39, 0.29) is 6.04 Å².